The second kappa shape index (κ2) is 3.70. The molecule has 1 heterocycles. The molecule has 1 aromatic carbocycles. The lowest BCUT2D eigenvalue weighted by Crippen LogP contribution is -1.97. The summed E-state index contributed by atoms with van der Waals surface area (Å²) in [7, 11) is 0. The molecular weight excluding hydrogens is 254 g/mol. The largest absolute Gasteiger partial charge is 0.399 e. The molecule has 1 aromatic heterocycles. The average Bonchev–Trinajstić information content (AvgIpc) is 2.49. The summed E-state index contributed by atoms with van der Waals surface area (Å²) in [5.41, 5.74) is 9.68. The highest BCUT2D eigenvalue weighted by atomic mass is 79.9. The van der Waals surface area contributed by atoms with Gasteiger partial charge in [-0.15, -0.1) is 0 Å². The van der Waals surface area contributed by atoms with Crippen LogP contribution in [0.2, 0.25) is 0 Å². The van der Waals surface area contributed by atoms with Crippen molar-refractivity contribution >= 4 is 21.6 Å². The first-order chi connectivity index (χ1) is 7.09. The van der Waals surface area contributed by atoms with Gasteiger partial charge in [0.25, 0.3) is 0 Å². The highest BCUT2D eigenvalue weighted by Gasteiger charge is 2.07. The number of nitrogen functional groups attached to an aromatic ring is 1. The van der Waals surface area contributed by atoms with E-state index < -0.39 is 0 Å². The molecule has 2 aromatic rings. The Morgan fingerprint density at radius 1 is 1.33 bits per heavy atom. The smallest absolute Gasteiger partial charge is 0.0997 e. The van der Waals surface area contributed by atoms with Crippen LogP contribution in [0.1, 0.15) is 11.4 Å². The molecule has 2 N–H and O–H groups in total. The van der Waals surface area contributed by atoms with Crippen LogP contribution < -0.4 is 5.73 Å². The molecule has 0 bridgehead atoms. The van der Waals surface area contributed by atoms with Crippen LogP contribution in [0.3, 0.4) is 0 Å². The van der Waals surface area contributed by atoms with Crippen molar-refractivity contribution in [1.82, 2.24) is 9.55 Å². The fraction of sp³-hybridized carbons (Fsp3) is 0.182. The van der Waals surface area contributed by atoms with Gasteiger partial charge in [0.05, 0.1) is 17.7 Å². The van der Waals surface area contributed by atoms with Crippen LogP contribution in [0.4, 0.5) is 5.69 Å². The van der Waals surface area contributed by atoms with E-state index in [9.17, 15) is 0 Å². The van der Waals surface area contributed by atoms with Gasteiger partial charge in [-0.25, -0.2) is 4.98 Å². The number of hydrogen-bond donors (Lipinski definition) is 1. The van der Waals surface area contributed by atoms with Crippen molar-refractivity contribution in [3.05, 3.63) is 40.4 Å². The molecule has 0 saturated carbocycles. The Hall–Kier alpha value is -1.29. The number of nitrogens with zero attached hydrogens (tertiary/aromatic N) is 2. The molecule has 4 heteroatoms. The molecule has 0 aliphatic carbocycles. The molecule has 0 unspecified atom stereocenters. The fourth-order valence-corrected chi connectivity index (χ4v) is 2.05. The van der Waals surface area contributed by atoms with Crippen molar-refractivity contribution in [2.24, 2.45) is 0 Å². The maximum atomic E-state index is 5.69. The number of halogens is 1. The SMILES string of the molecule is Cc1ncn(-c2ccc(N)cc2Br)c1C. The predicted molar refractivity (Wildman–Crippen MR) is 65.2 cm³/mol. The molecule has 0 spiro atoms. The molecule has 0 aliphatic rings. The Morgan fingerprint density at radius 3 is 2.60 bits per heavy atom. The number of benzene rings is 1. The third-order valence-corrected chi connectivity index (χ3v) is 3.12. The zero-order chi connectivity index (χ0) is 11.0. The van der Waals surface area contributed by atoms with Crippen LogP contribution in [-0.4, -0.2) is 9.55 Å². The van der Waals surface area contributed by atoms with E-state index in [4.69, 9.17) is 5.73 Å². The van der Waals surface area contributed by atoms with E-state index in [1.807, 2.05) is 42.9 Å². The number of aromatic nitrogens is 2. The first kappa shape index (κ1) is 10.2. The Labute approximate surface area is 97.1 Å². The first-order valence-corrected chi connectivity index (χ1v) is 5.45. The minimum Gasteiger partial charge on any atom is -0.399 e. The zero-order valence-corrected chi connectivity index (χ0v) is 10.2. The van der Waals surface area contributed by atoms with Gasteiger partial charge in [0.1, 0.15) is 0 Å². The van der Waals surface area contributed by atoms with Crippen molar-refractivity contribution in [3.63, 3.8) is 0 Å². The molecule has 0 fully saturated rings. The summed E-state index contributed by atoms with van der Waals surface area (Å²) in [6.07, 6.45) is 1.82. The Kier molecular flexibility index (Phi) is 2.52. The molecule has 0 amide bonds. The minimum absolute atomic E-state index is 0.750. The lowest BCUT2D eigenvalue weighted by molar-refractivity contribution is 0.995. The molecular formula is C11H12BrN3. The van der Waals surface area contributed by atoms with Crippen molar-refractivity contribution in [1.29, 1.82) is 0 Å². The zero-order valence-electron chi connectivity index (χ0n) is 8.66. The molecule has 2 rings (SSSR count). The van der Waals surface area contributed by atoms with Gasteiger partial charge >= 0.3 is 0 Å². The molecule has 0 saturated heterocycles. The predicted octanol–water partition coefficient (Wildman–Crippen LogP) is 2.83. The van der Waals surface area contributed by atoms with Crippen LogP contribution in [-0.2, 0) is 0 Å². The molecule has 0 aliphatic heterocycles. The number of nitrogens with two attached hydrogens (primary N) is 1. The summed E-state index contributed by atoms with van der Waals surface area (Å²) in [4.78, 5) is 4.27. The molecule has 15 heavy (non-hydrogen) atoms. The van der Waals surface area contributed by atoms with Gasteiger partial charge in [-0.1, -0.05) is 0 Å². The van der Waals surface area contributed by atoms with Gasteiger partial charge in [-0.3, -0.25) is 0 Å². The van der Waals surface area contributed by atoms with E-state index in [1.54, 1.807) is 0 Å². The quantitative estimate of drug-likeness (QED) is 0.806. The van der Waals surface area contributed by atoms with Crippen molar-refractivity contribution in [2.75, 3.05) is 5.73 Å². The lowest BCUT2D eigenvalue weighted by atomic mass is 10.2. The Bertz CT molecular complexity index is 503. The van der Waals surface area contributed by atoms with E-state index in [2.05, 4.69) is 20.9 Å². The topological polar surface area (TPSA) is 43.8 Å². The van der Waals surface area contributed by atoms with E-state index >= 15 is 0 Å². The molecule has 3 nitrogen and oxygen atoms in total. The van der Waals surface area contributed by atoms with Gasteiger partial charge < -0.3 is 10.3 Å². The van der Waals surface area contributed by atoms with Gasteiger partial charge in [0, 0.05) is 15.9 Å². The third-order valence-electron chi connectivity index (χ3n) is 2.48. The van der Waals surface area contributed by atoms with E-state index in [0.717, 1.165) is 27.2 Å². The number of aryl methyl sites for hydroxylation is 1. The summed E-state index contributed by atoms with van der Waals surface area (Å²) in [5.74, 6) is 0. The van der Waals surface area contributed by atoms with Gasteiger partial charge in [0.2, 0.25) is 0 Å². The highest BCUT2D eigenvalue weighted by molar-refractivity contribution is 9.10. The molecule has 0 radical (unpaired) electrons. The number of hydrogen-bond acceptors (Lipinski definition) is 2. The maximum absolute atomic E-state index is 5.69. The summed E-state index contributed by atoms with van der Waals surface area (Å²) < 4.78 is 3.02. The molecule has 78 valence electrons. The lowest BCUT2D eigenvalue weighted by Gasteiger charge is -2.08. The van der Waals surface area contributed by atoms with Gasteiger partial charge in [-0.05, 0) is 48.0 Å². The van der Waals surface area contributed by atoms with E-state index in [0.29, 0.717) is 0 Å². The average molecular weight is 266 g/mol. The number of imidazole rings is 1. The summed E-state index contributed by atoms with van der Waals surface area (Å²) in [6.45, 7) is 4.04. The maximum Gasteiger partial charge on any atom is 0.0997 e. The van der Waals surface area contributed by atoms with Crippen LogP contribution >= 0.6 is 15.9 Å². The standard InChI is InChI=1S/C11H12BrN3/c1-7-8(2)15(6-14-7)11-4-3-9(13)5-10(11)12/h3-6H,13H2,1-2H3. The summed E-state index contributed by atoms with van der Waals surface area (Å²) in [6, 6.07) is 5.76. The van der Waals surface area contributed by atoms with Crippen LogP contribution in [0.25, 0.3) is 5.69 Å². The Morgan fingerprint density at radius 2 is 2.07 bits per heavy atom. The second-order valence-corrected chi connectivity index (χ2v) is 4.35. The summed E-state index contributed by atoms with van der Waals surface area (Å²) >= 11 is 3.50. The Balaban J connectivity index is 2.59. The van der Waals surface area contributed by atoms with E-state index in [1.165, 1.54) is 0 Å². The fourth-order valence-electron chi connectivity index (χ4n) is 1.46. The first-order valence-electron chi connectivity index (χ1n) is 4.65. The van der Waals surface area contributed by atoms with Crippen molar-refractivity contribution in [3.8, 4) is 5.69 Å². The second-order valence-electron chi connectivity index (χ2n) is 3.50. The minimum atomic E-state index is 0.750. The van der Waals surface area contributed by atoms with E-state index in [-0.39, 0.29) is 0 Å². The van der Waals surface area contributed by atoms with Gasteiger partial charge in [-0.2, -0.15) is 0 Å². The summed E-state index contributed by atoms with van der Waals surface area (Å²) in [5, 5.41) is 0. The molecule has 0 atom stereocenters. The third kappa shape index (κ3) is 1.77. The highest BCUT2D eigenvalue weighted by Crippen LogP contribution is 2.25. The van der Waals surface area contributed by atoms with Gasteiger partial charge in [0.15, 0.2) is 0 Å². The normalized spacial score (nSPS) is 10.6. The van der Waals surface area contributed by atoms with Crippen molar-refractivity contribution < 1.29 is 0 Å². The van der Waals surface area contributed by atoms with Crippen LogP contribution in [0, 0.1) is 13.8 Å². The number of anilines is 1. The van der Waals surface area contributed by atoms with Crippen molar-refractivity contribution in [2.45, 2.75) is 13.8 Å². The number of rotatable bonds is 1. The monoisotopic (exact) mass is 265 g/mol. The van der Waals surface area contributed by atoms with Crippen LogP contribution in [0.5, 0.6) is 0 Å². The van der Waals surface area contributed by atoms with Crippen LogP contribution in [0.15, 0.2) is 29.0 Å².